The number of benzene rings is 1. The lowest BCUT2D eigenvalue weighted by Crippen LogP contribution is -2.42. The van der Waals surface area contributed by atoms with Crippen LogP contribution in [0.15, 0.2) is 24.3 Å². The fourth-order valence-corrected chi connectivity index (χ4v) is 1.93. The van der Waals surface area contributed by atoms with E-state index in [1.807, 2.05) is 13.8 Å². The maximum atomic E-state index is 12.0. The second-order valence-electron chi connectivity index (χ2n) is 3.71. The third-order valence-electron chi connectivity index (χ3n) is 2.62. The van der Waals surface area contributed by atoms with Crippen molar-refractivity contribution in [3.63, 3.8) is 0 Å². The Kier molecular flexibility index (Phi) is 5.37. The van der Waals surface area contributed by atoms with Crippen LogP contribution in [0.3, 0.4) is 0 Å². The molecule has 1 aromatic carbocycles. The highest BCUT2D eigenvalue weighted by atomic mass is 32.1. The van der Waals surface area contributed by atoms with E-state index in [2.05, 4.69) is 5.32 Å². The highest BCUT2D eigenvalue weighted by Crippen LogP contribution is 2.17. The summed E-state index contributed by atoms with van der Waals surface area (Å²) >= 11 is 5.08. The first kappa shape index (κ1) is 15.0. The van der Waals surface area contributed by atoms with E-state index in [1.54, 1.807) is 11.0 Å². The molecule has 19 heavy (non-hydrogen) atoms. The Balaban J connectivity index is 2.90. The molecular weight excluding hydrogens is 266 g/mol. The first-order chi connectivity index (χ1) is 9.01. The second-order valence-corrected chi connectivity index (χ2v) is 4.09. The lowest BCUT2D eigenvalue weighted by Gasteiger charge is -2.21. The summed E-state index contributed by atoms with van der Waals surface area (Å²) in [6.07, 6.45) is 0. The molecule has 0 unspecified atom stereocenters. The molecule has 0 radical (unpaired) electrons. The number of nitro groups is 1. The molecule has 1 aromatic rings. The number of hydrogen-bond donors (Lipinski definition) is 1. The molecule has 0 bridgehead atoms. The van der Waals surface area contributed by atoms with Crippen LogP contribution < -0.4 is 5.32 Å². The molecule has 1 rings (SSSR count). The van der Waals surface area contributed by atoms with Crippen LogP contribution in [0.5, 0.6) is 0 Å². The molecule has 102 valence electrons. The standard InChI is InChI=1S/C12H15N3O3S/c1-3-14(4-2)12(19)13-11(16)9-7-5-6-8-10(9)15(17)18/h5-8H,3-4H2,1-2H3,(H,13,16,19). The van der Waals surface area contributed by atoms with Crippen LogP contribution >= 0.6 is 12.2 Å². The molecular formula is C12H15N3O3S. The van der Waals surface area contributed by atoms with Gasteiger partial charge in [-0.2, -0.15) is 0 Å². The van der Waals surface area contributed by atoms with Gasteiger partial charge in [-0.1, -0.05) is 12.1 Å². The number of rotatable bonds is 4. The first-order valence-corrected chi connectivity index (χ1v) is 6.25. The van der Waals surface area contributed by atoms with E-state index in [-0.39, 0.29) is 16.4 Å². The van der Waals surface area contributed by atoms with Crippen LogP contribution in [0.25, 0.3) is 0 Å². The minimum atomic E-state index is -0.588. The fourth-order valence-electron chi connectivity index (χ4n) is 1.58. The molecule has 0 atom stereocenters. The van der Waals surface area contributed by atoms with Crippen LogP contribution in [-0.4, -0.2) is 33.9 Å². The van der Waals surface area contributed by atoms with Gasteiger partial charge in [0.15, 0.2) is 5.11 Å². The van der Waals surface area contributed by atoms with Crippen LogP contribution in [0.4, 0.5) is 5.69 Å². The SMILES string of the molecule is CCN(CC)C(=S)NC(=O)c1ccccc1[N+](=O)[O-]. The van der Waals surface area contributed by atoms with E-state index in [1.165, 1.54) is 18.2 Å². The molecule has 0 fully saturated rings. The number of amides is 1. The van der Waals surface area contributed by atoms with Gasteiger partial charge in [-0.15, -0.1) is 0 Å². The van der Waals surface area contributed by atoms with Crippen LogP contribution in [0.2, 0.25) is 0 Å². The van der Waals surface area contributed by atoms with E-state index in [0.29, 0.717) is 13.1 Å². The van der Waals surface area contributed by atoms with E-state index in [0.717, 1.165) is 0 Å². The number of nitrogens with one attached hydrogen (secondary N) is 1. The van der Waals surface area contributed by atoms with Gasteiger partial charge in [-0.25, -0.2) is 0 Å². The van der Waals surface area contributed by atoms with Gasteiger partial charge in [0.05, 0.1) is 4.92 Å². The van der Waals surface area contributed by atoms with E-state index in [4.69, 9.17) is 12.2 Å². The Morgan fingerprint density at radius 2 is 1.95 bits per heavy atom. The smallest absolute Gasteiger partial charge is 0.282 e. The van der Waals surface area contributed by atoms with Crippen LogP contribution in [-0.2, 0) is 0 Å². The van der Waals surface area contributed by atoms with Gasteiger partial charge in [0.2, 0.25) is 0 Å². The molecule has 0 aromatic heterocycles. The van der Waals surface area contributed by atoms with Gasteiger partial charge in [0, 0.05) is 19.2 Å². The lowest BCUT2D eigenvalue weighted by atomic mass is 10.1. The zero-order chi connectivity index (χ0) is 14.4. The molecule has 0 aliphatic heterocycles. The number of nitrogens with zero attached hydrogens (tertiary/aromatic N) is 2. The quantitative estimate of drug-likeness (QED) is 0.518. The van der Waals surface area contributed by atoms with Gasteiger partial charge in [-0.05, 0) is 32.1 Å². The topological polar surface area (TPSA) is 75.5 Å². The molecule has 1 amide bonds. The third kappa shape index (κ3) is 3.72. The normalized spacial score (nSPS) is 9.79. The summed E-state index contributed by atoms with van der Waals surface area (Å²) in [5, 5.41) is 13.6. The molecule has 0 saturated heterocycles. The summed E-state index contributed by atoms with van der Waals surface area (Å²) in [5.74, 6) is -0.566. The molecule has 0 aliphatic rings. The van der Waals surface area contributed by atoms with Crippen LogP contribution in [0.1, 0.15) is 24.2 Å². The maximum Gasteiger partial charge on any atom is 0.282 e. The predicted octanol–water partition coefficient (Wildman–Crippen LogP) is 1.95. The summed E-state index contributed by atoms with van der Waals surface area (Å²) < 4.78 is 0. The summed E-state index contributed by atoms with van der Waals surface area (Å²) in [5.41, 5.74) is -0.232. The molecule has 0 aliphatic carbocycles. The Hall–Kier alpha value is -2.02. The first-order valence-electron chi connectivity index (χ1n) is 5.84. The third-order valence-corrected chi connectivity index (χ3v) is 2.98. The Labute approximate surface area is 116 Å². The van der Waals surface area contributed by atoms with E-state index in [9.17, 15) is 14.9 Å². The van der Waals surface area contributed by atoms with Gasteiger partial charge >= 0.3 is 0 Å². The van der Waals surface area contributed by atoms with Crippen molar-refractivity contribution in [1.29, 1.82) is 0 Å². The average molecular weight is 281 g/mol. The number of hydrogen-bond acceptors (Lipinski definition) is 4. The summed E-state index contributed by atoms with van der Waals surface area (Å²) in [6.45, 7) is 5.14. The second kappa shape index (κ2) is 6.79. The number of para-hydroxylation sites is 1. The molecule has 6 nitrogen and oxygen atoms in total. The Bertz CT molecular complexity index is 501. The van der Waals surface area contributed by atoms with Crippen molar-refractivity contribution in [2.24, 2.45) is 0 Å². The van der Waals surface area contributed by atoms with Crippen molar-refractivity contribution >= 4 is 28.9 Å². The number of carbonyl (C=O) groups is 1. The fraction of sp³-hybridized carbons (Fsp3) is 0.333. The monoisotopic (exact) mass is 281 g/mol. The van der Waals surface area contributed by atoms with Gasteiger partial charge < -0.3 is 4.90 Å². The number of carbonyl (C=O) groups excluding carboxylic acids is 1. The number of nitro benzene ring substituents is 1. The Morgan fingerprint density at radius 1 is 1.37 bits per heavy atom. The molecule has 0 spiro atoms. The lowest BCUT2D eigenvalue weighted by molar-refractivity contribution is -0.385. The minimum absolute atomic E-state index is 0.00186. The summed E-state index contributed by atoms with van der Waals surface area (Å²) in [7, 11) is 0. The molecule has 0 saturated carbocycles. The van der Waals surface area contributed by atoms with Crippen molar-refractivity contribution in [1.82, 2.24) is 10.2 Å². The minimum Gasteiger partial charge on any atom is -0.350 e. The predicted molar refractivity (Wildman–Crippen MR) is 76.1 cm³/mol. The average Bonchev–Trinajstić information content (AvgIpc) is 2.40. The zero-order valence-corrected chi connectivity index (χ0v) is 11.6. The van der Waals surface area contributed by atoms with Gasteiger partial charge in [-0.3, -0.25) is 20.2 Å². The molecule has 0 heterocycles. The van der Waals surface area contributed by atoms with E-state index < -0.39 is 10.8 Å². The van der Waals surface area contributed by atoms with Crippen molar-refractivity contribution in [3.8, 4) is 0 Å². The molecule has 7 heteroatoms. The zero-order valence-electron chi connectivity index (χ0n) is 10.8. The van der Waals surface area contributed by atoms with Crippen molar-refractivity contribution < 1.29 is 9.72 Å². The largest absolute Gasteiger partial charge is 0.350 e. The maximum absolute atomic E-state index is 12.0. The van der Waals surface area contributed by atoms with E-state index >= 15 is 0 Å². The van der Waals surface area contributed by atoms with Crippen LogP contribution in [0, 0.1) is 10.1 Å². The van der Waals surface area contributed by atoms with Gasteiger partial charge in [0.1, 0.15) is 5.56 Å². The van der Waals surface area contributed by atoms with Crippen molar-refractivity contribution in [2.45, 2.75) is 13.8 Å². The van der Waals surface area contributed by atoms with Gasteiger partial charge in [0.25, 0.3) is 11.6 Å². The summed E-state index contributed by atoms with van der Waals surface area (Å²) in [4.78, 5) is 24.0. The highest BCUT2D eigenvalue weighted by molar-refractivity contribution is 7.80. The highest BCUT2D eigenvalue weighted by Gasteiger charge is 2.20. The van der Waals surface area contributed by atoms with Crippen molar-refractivity contribution in [3.05, 3.63) is 39.9 Å². The number of thiocarbonyl (C=S) groups is 1. The molecule has 1 N–H and O–H groups in total. The van der Waals surface area contributed by atoms with Crippen molar-refractivity contribution in [2.75, 3.05) is 13.1 Å². The Morgan fingerprint density at radius 3 is 2.47 bits per heavy atom. The summed E-state index contributed by atoms with van der Waals surface area (Å²) in [6, 6.07) is 5.77.